The number of nitrogens with zero attached hydrogens (tertiary/aromatic N) is 1. The van der Waals surface area contributed by atoms with E-state index in [4.69, 9.17) is 9.26 Å². The predicted molar refractivity (Wildman–Crippen MR) is 99.6 cm³/mol. The number of ether oxygens (including phenoxy) is 1. The summed E-state index contributed by atoms with van der Waals surface area (Å²) in [4.78, 5) is 12.4. The number of hydrogen-bond donors (Lipinski definition) is 0. The third-order valence-corrected chi connectivity index (χ3v) is 5.82. The van der Waals surface area contributed by atoms with Crippen LogP contribution in [0, 0.1) is 0 Å². The van der Waals surface area contributed by atoms with Gasteiger partial charge < -0.3 is 9.26 Å². The van der Waals surface area contributed by atoms with E-state index in [1.54, 1.807) is 7.11 Å². The van der Waals surface area contributed by atoms with E-state index in [0.29, 0.717) is 19.4 Å². The molecule has 1 fully saturated rings. The minimum atomic E-state index is 0.0923. The number of aromatic nitrogens is 1. The van der Waals surface area contributed by atoms with E-state index in [0.717, 1.165) is 39.9 Å². The van der Waals surface area contributed by atoms with Crippen LogP contribution in [0.5, 0.6) is 0 Å². The second-order valence-electron chi connectivity index (χ2n) is 7.20. The minimum absolute atomic E-state index is 0.0923. The maximum atomic E-state index is 12.4. The summed E-state index contributed by atoms with van der Waals surface area (Å²) in [6.45, 7) is 2.75. The molecule has 0 saturated heterocycles. The molecule has 1 aromatic heterocycles. The molecule has 1 heterocycles. The molecule has 0 bridgehead atoms. The Morgan fingerprint density at radius 2 is 2.04 bits per heavy atom. The van der Waals surface area contributed by atoms with Crippen molar-refractivity contribution in [3.05, 3.63) is 51.3 Å². The molecule has 3 rings (SSSR count). The van der Waals surface area contributed by atoms with Crippen LogP contribution in [0.2, 0.25) is 0 Å². The number of rotatable bonds is 7. The van der Waals surface area contributed by atoms with Gasteiger partial charge in [0.25, 0.3) is 0 Å². The van der Waals surface area contributed by atoms with Crippen LogP contribution in [-0.4, -0.2) is 18.0 Å². The summed E-state index contributed by atoms with van der Waals surface area (Å²) in [5.74, 6) is 1.07. The molecule has 0 spiro atoms. The lowest BCUT2D eigenvalue weighted by Gasteiger charge is -2.18. The van der Waals surface area contributed by atoms with Crippen molar-refractivity contribution >= 4 is 21.7 Å². The Kier molecular flexibility index (Phi) is 5.74. The van der Waals surface area contributed by atoms with Crippen molar-refractivity contribution in [2.75, 3.05) is 7.11 Å². The zero-order valence-corrected chi connectivity index (χ0v) is 16.4. The van der Waals surface area contributed by atoms with Gasteiger partial charge in [0.15, 0.2) is 0 Å². The van der Waals surface area contributed by atoms with Crippen molar-refractivity contribution in [2.45, 2.75) is 57.5 Å². The first kappa shape index (κ1) is 18.3. The molecular formula is C20H24BrNO3. The highest BCUT2D eigenvalue weighted by Crippen LogP contribution is 2.40. The lowest BCUT2D eigenvalue weighted by Crippen LogP contribution is -2.15. The number of hydrogen-bond acceptors (Lipinski definition) is 4. The van der Waals surface area contributed by atoms with E-state index >= 15 is 0 Å². The number of halogens is 1. The summed E-state index contributed by atoms with van der Waals surface area (Å²) in [6, 6.07) is 7.92. The fraction of sp³-hybridized carbons (Fsp3) is 0.500. The van der Waals surface area contributed by atoms with Crippen molar-refractivity contribution in [1.29, 1.82) is 0 Å². The number of ketones is 1. The topological polar surface area (TPSA) is 52.3 Å². The van der Waals surface area contributed by atoms with Gasteiger partial charge in [0, 0.05) is 29.5 Å². The van der Waals surface area contributed by atoms with Gasteiger partial charge in [0.2, 0.25) is 0 Å². The van der Waals surface area contributed by atoms with Crippen LogP contribution >= 0.6 is 15.9 Å². The second kappa shape index (κ2) is 7.83. The second-order valence-corrected chi connectivity index (χ2v) is 8.06. The van der Waals surface area contributed by atoms with Gasteiger partial charge >= 0.3 is 0 Å². The van der Waals surface area contributed by atoms with Gasteiger partial charge in [-0.15, -0.1) is 0 Å². The number of methoxy groups -OCH3 is 1. The first-order chi connectivity index (χ1) is 12.0. The van der Waals surface area contributed by atoms with Crippen LogP contribution in [0.15, 0.2) is 33.3 Å². The Bertz CT molecular complexity index is 747. The fourth-order valence-corrected chi connectivity index (χ4v) is 3.94. The van der Waals surface area contributed by atoms with Crippen LogP contribution in [0.25, 0.3) is 0 Å². The van der Waals surface area contributed by atoms with E-state index in [1.165, 1.54) is 12.8 Å². The highest BCUT2D eigenvalue weighted by atomic mass is 79.9. The van der Waals surface area contributed by atoms with Gasteiger partial charge in [-0.05, 0) is 30.0 Å². The molecule has 0 radical (unpaired) electrons. The summed E-state index contributed by atoms with van der Waals surface area (Å²) in [5, 5.41) is 4.13. The third kappa shape index (κ3) is 4.39. The number of carbonyl (C=O) groups excluding carboxylic acids is 1. The summed E-state index contributed by atoms with van der Waals surface area (Å²) < 4.78 is 11.7. The summed E-state index contributed by atoms with van der Waals surface area (Å²) >= 11 is 3.50. The minimum Gasteiger partial charge on any atom is -0.380 e. The first-order valence-corrected chi connectivity index (χ1v) is 9.53. The molecule has 5 heteroatoms. The molecule has 1 aliphatic carbocycles. The molecule has 0 unspecified atom stereocenters. The lowest BCUT2D eigenvalue weighted by molar-refractivity contribution is -0.117. The summed E-state index contributed by atoms with van der Waals surface area (Å²) in [7, 11) is 1.66. The van der Waals surface area contributed by atoms with E-state index in [1.807, 2.05) is 24.3 Å². The monoisotopic (exact) mass is 405 g/mol. The van der Waals surface area contributed by atoms with Gasteiger partial charge in [0.1, 0.15) is 11.5 Å². The van der Waals surface area contributed by atoms with E-state index < -0.39 is 0 Å². The normalized spacial score (nSPS) is 16.3. The van der Waals surface area contributed by atoms with Gasteiger partial charge in [0.05, 0.1) is 18.7 Å². The van der Waals surface area contributed by atoms with Crippen LogP contribution in [0.4, 0.5) is 0 Å². The highest BCUT2D eigenvalue weighted by molar-refractivity contribution is 9.10. The van der Waals surface area contributed by atoms with Crippen LogP contribution in [0.1, 0.15) is 55.2 Å². The van der Waals surface area contributed by atoms with Crippen molar-refractivity contribution in [3.63, 3.8) is 0 Å². The Balaban J connectivity index is 1.63. The van der Waals surface area contributed by atoms with Crippen molar-refractivity contribution in [1.82, 2.24) is 5.16 Å². The maximum Gasteiger partial charge on any atom is 0.143 e. The van der Waals surface area contributed by atoms with Crippen molar-refractivity contribution in [3.8, 4) is 0 Å². The van der Waals surface area contributed by atoms with Gasteiger partial charge in [-0.25, -0.2) is 0 Å². The Morgan fingerprint density at radius 3 is 2.76 bits per heavy atom. The predicted octanol–water partition coefficient (Wildman–Crippen LogP) is 4.77. The molecule has 0 amide bonds. The Hall–Kier alpha value is -1.46. The van der Waals surface area contributed by atoms with E-state index in [-0.39, 0.29) is 11.2 Å². The molecule has 0 atom stereocenters. The zero-order valence-electron chi connectivity index (χ0n) is 14.8. The third-order valence-electron chi connectivity index (χ3n) is 5.05. The van der Waals surface area contributed by atoms with Crippen LogP contribution in [0.3, 0.4) is 0 Å². The van der Waals surface area contributed by atoms with Crippen LogP contribution < -0.4 is 0 Å². The molecule has 1 saturated carbocycles. The average Bonchev–Trinajstić information content (AvgIpc) is 3.21. The average molecular weight is 406 g/mol. The summed E-state index contributed by atoms with van der Waals surface area (Å²) in [6.07, 6.45) is 5.45. The quantitative estimate of drug-likeness (QED) is 0.665. The standard InChI is InChI=1S/C20H24BrNO3/c1-20(7-3-4-8-20)19-12-16(22-25-19)11-17(23)10-14-5-6-18(21)15(9-14)13-24-2/h5-6,9,12H,3-4,7-8,10-11,13H2,1-2H3. The van der Waals surface area contributed by atoms with Gasteiger partial charge in [-0.1, -0.05) is 53.0 Å². The Morgan fingerprint density at radius 1 is 1.28 bits per heavy atom. The Labute approximate surface area is 157 Å². The number of carbonyl (C=O) groups is 1. The first-order valence-electron chi connectivity index (χ1n) is 8.74. The number of Topliss-reactive ketones (excluding diaryl/α,β-unsaturated/α-hetero) is 1. The van der Waals surface area contributed by atoms with Gasteiger partial charge in [-0.2, -0.15) is 0 Å². The lowest BCUT2D eigenvalue weighted by atomic mass is 9.86. The largest absolute Gasteiger partial charge is 0.380 e. The maximum absolute atomic E-state index is 12.4. The molecule has 2 aromatic rings. The summed E-state index contributed by atoms with van der Waals surface area (Å²) in [5.41, 5.74) is 2.87. The van der Waals surface area contributed by atoms with Crippen molar-refractivity contribution in [2.24, 2.45) is 0 Å². The zero-order chi connectivity index (χ0) is 17.9. The van der Waals surface area contributed by atoms with Gasteiger partial charge in [-0.3, -0.25) is 4.79 Å². The highest BCUT2D eigenvalue weighted by Gasteiger charge is 2.34. The molecular weight excluding hydrogens is 382 g/mol. The SMILES string of the molecule is COCc1cc(CC(=O)Cc2cc(C3(C)CCCC3)on2)ccc1Br. The van der Waals surface area contributed by atoms with E-state index in [2.05, 4.69) is 28.0 Å². The molecule has 0 aliphatic heterocycles. The molecule has 1 aromatic carbocycles. The molecule has 134 valence electrons. The fourth-order valence-electron chi connectivity index (χ4n) is 3.58. The van der Waals surface area contributed by atoms with E-state index in [9.17, 15) is 4.79 Å². The van der Waals surface area contributed by atoms with Crippen molar-refractivity contribution < 1.29 is 14.1 Å². The molecule has 0 N–H and O–H groups in total. The molecule has 1 aliphatic rings. The number of benzene rings is 1. The smallest absolute Gasteiger partial charge is 0.143 e. The molecule has 4 nitrogen and oxygen atoms in total. The molecule has 25 heavy (non-hydrogen) atoms. The van der Waals surface area contributed by atoms with Crippen LogP contribution in [-0.2, 0) is 34.4 Å².